The van der Waals surface area contributed by atoms with Gasteiger partial charge in [0.25, 0.3) is 5.56 Å². The van der Waals surface area contributed by atoms with Gasteiger partial charge in [0.15, 0.2) is 11.6 Å². The topological polar surface area (TPSA) is 96.7 Å². The number of rotatable bonds is 4. The van der Waals surface area contributed by atoms with Crippen LogP contribution in [-0.2, 0) is 16.1 Å². The first kappa shape index (κ1) is 20.3. The van der Waals surface area contributed by atoms with Crippen molar-refractivity contribution in [2.45, 2.75) is 20.4 Å². The van der Waals surface area contributed by atoms with Crippen LogP contribution in [0.25, 0.3) is 0 Å². The Balaban J connectivity index is 1.33. The monoisotopic (exact) mass is 413 g/mol. The number of piperazine rings is 1. The molecule has 4 heterocycles. The molecule has 0 unspecified atom stereocenters. The number of ether oxygens (including phenoxy) is 1. The van der Waals surface area contributed by atoms with Crippen LogP contribution in [0.4, 0.5) is 11.6 Å². The van der Waals surface area contributed by atoms with Gasteiger partial charge in [0.05, 0.1) is 19.5 Å². The highest BCUT2D eigenvalue weighted by atomic mass is 16.5. The second-order valence-corrected chi connectivity index (χ2v) is 7.61. The molecular weight excluding hydrogens is 386 g/mol. The predicted octanol–water partition coefficient (Wildman–Crippen LogP) is -0.164. The third kappa shape index (κ3) is 4.28. The Morgan fingerprint density at radius 1 is 0.967 bits per heavy atom. The highest BCUT2D eigenvalue weighted by Gasteiger charge is 2.23. The smallest absolute Gasteiger partial charge is 0.256 e. The van der Waals surface area contributed by atoms with Crippen molar-refractivity contribution in [2.75, 3.05) is 62.3 Å². The molecule has 0 N–H and O–H groups in total. The van der Waals surface area contributed by atoms with Gasteiger partial charge in [0.2, 0.25) is 5.91 Å². The number of anilines is 2. The number of morpholine rings is 1. The summed E-state index contributed by atoms with van der Waals surface area (Å²) in [7, 11) is 0. The van der Waals surface area contributed by atoms with Crippen molar-refractivity contribution in [3.05, 3.63) is 40.1 Å². The van der Waals surface area contributed by atoms with Crippen LogP contribution in [0.2, 0.25) is 0 Å². The first-order valence-electron chi connectivity index (χ1n) is 10.2. The van der Waals surface area contributed by atoms with Crippen LogP contribution in [0.15, 0.2) is 23.3 Å². The Labute approximate surface area is 175 Å². The maximum absolute atomic E-state index is 12.7. The number of aromatic nitrogens is 4. The Morgan fingerprint density at radius 2 is 1.57 bits per heavy atom. The van der Waals surface area contributed by atoms with E-state index < -0.39 is 0 Å². The fraction of sp³-hybridized carbons (Fsp3) is 0.550. The van der Waals surface area contributed by atoms with E-state index in [2.05, 4.69) is 25.0 Å². The van der Waals surface area contributed by atoms with Crippen molar-refractivity contribution >= 4 is 17.5 Å². The first-order chi connectivity index (χ1) is 14.5. The van der Waals surface area contributed by atoms with E-state index in [4.69, 9.17) is 4.74 Å². The van der Waals surface area contributed by atoms with E-state index in [-0.39, 0.29) is 18.0 Å². The number of carbonyl (C=O) groups excluding carboxylic acids is 1. The number of amides is 1. The highest BCUT2D eigenvalue weighted by Crippen LogP contribution is 2.17. The van der Waals surface area contributed by atoms with E-state index in [0.717, 1.165) is 24.7 Å². The van der Waals surface area contributed by atoms with E-state index in [1.54, 1.807) is 18.7 Å². The molecule has 2 saturated heterocycles. The van der Waals surface area contributed by atoms with Crippen molar-refractivity contribution in [3.8, 4) is 0 Å². The second kappa shape index (κ2) is 8.78. The molecule has 2 aliphatic heterocycles. The summed E-state index contributed by atoms with van der Waals surface area (Å²) in [6.07, 6.45) is 1.45. The fourth-order valence-corrected chi connectivity index (χ4v) is 3.67. The summed E-state index contributed by atoms with van der Waals surface area (Å²) in [5, 5.41) is 8.75. The van der Waals surface area contributed by atoms with Gasteiger partial charge >= 0.3 is 0 Å². The van der Waals surface area contributed by atoms with Crippen LogP contribution < -0.4 is 15.4 Å². The van der Waals surface area contributed by atoms with Gasteiger partial charge in [-0.15, -0.1) is 10.2 Å². The van der Waals surface area contributed by atoms with Crippen molar-refractivity contribution < 1.29 is 9.53 Å². The first-order valence-corrected chi connectivity index (χ1v) is 10.2. The molecule has 10 heteroatoms. The molecule has 0 saturated carbocycles. The van der Waals surface area contributed by atoms with Crippen LogP contribution in [-0.4, -0.2) is 83.0 Å². The Bertz CT molecular complexity index is 946. The largest absolute Gasteiger partial charge is 0.378 e. The summed E-state index contributed by atoms with van der Waals surface area (Å²) in [4.78, 5) is 35.2. The molecular formula is C20H27N7O3. The summed E-state index contributed by atoms with van der Waals surface area (Å²) >= 11 is 0. The molecule has 2 aromatic heterocycles. The minimum absolute atomic E-state index is 0.0149. The van der Waals surface area contributed by atoms with E-state index in [0.29, 0.717) is 50.7 Å². The molecule has 2 aromatic rings. The molecule has 160 valence electrons. The zero-order valence-corrected chi connectivity index (χ0v) is 17.5. The zero-order valence-electron chi connectivity index (χ0n) is 17.5. The van der Waals surface area contributed by atoms with Crippen LogP contribution in [0.5, 0.6) is 0 Å². The number of carbonyl (C=O) groups is 1. The average Bonchev–Trinajstić information content (AvgIpc) is 2.80. The maximum atomic E-state index is 12.7. The van der Waals surface area contributed by atoms with E-state index in [9.17, 15) is 9.59 Å². The highest BCUT2D eigenvalue weighted by molar-refractivity contribution is 5.76. The molecule has 0 atom stereocenters. The molecule has 0 spiro atoms. The van der Waals surface area contributed by atoms with Crippen molar-refractivity contribution in [1.29, 1.82) is 0 Å². The summed E-state index contributed by atoms with van der Waals surface area (Å²) in [6, 6.07) is 3.97. The number of nitrogens with zero attached hydrogens (tertiary/aromatic N) is 7. The van der Waals surface area contributed by atoms with Gasteiger partial charge in [-0.1, -0.05) is 0 Å². The maximum Gasteiger partial charge on any atom is 0.256 e. The van der Waals surface area contributed by atoms with E-state index in [1.807, 2.05) is 12.1 Å². The van der Waals surface area contributed by atoms with Gasteiger partial charge in [-0.25, -0.2) is 4.98 Å². The molecule has 10 nitrogen and oxygen atoms in total. The number of hydrogen-bond donors (Lipinski definition) is 0. The number of hydrogen-bond acceptors (Lipinski definition) is 8. The number of aryl methyl sites for hydroxylation is 1. The predicted molar refractivity (Wildman–Crippen MR) is 112 cm³/mol. The van der Waals surface area contributed by atoms with Crippen LogP contribution in [0.3, 0.4) is 0 Å². The zero-order chi connectivity index (χ0) is 21.1. The molecule has 0 radical (unpaired) electrons. The molecule has 4 rings (SSSR count). The van der Waals surface area contributed by atoms with Crippen LogP contribution in [0.1, 0.15) is 11.3 Å². The normalized spacial score (nSPS) is 17.3. The van der Waals surface area contributed by atoms with Gasteiger partial charge in [-0.3, -0.25) is 14.2 Å². The third-order valence-corrected chi connectivity index (χ3v) is 5.75. The lowest BCUT2D eigenvalue weighted by Gasteiger charge is -2.35. The molecule has 30 heavy (non-hydrogen) atoms. The van der Waals surface area contributed by atoms with Gasteiger partial charge < -0.3 is 19.4 Å². The van der Waals surface area contributed by atoms with E-state index in [1.165, 1.54) is 10.9 Å². The van der Waals surface area contributed by atoms with Gasteiger partial charge in [-0.05, 0) is 26.0 Å². The molecule has 2 aliphatic rings. The fourth-order valence-electron chi connectivity index (χ4n) is 3.67. The SMILES string of the molecule is Cc1ncn(CC(=O)N2CCN(c3ccc(N4CCOCC4)nn3)CC2)c(=O)c1C. The van der Waals surface area contributed by atoms with E-state index >= 15 is 0 Å². The van der Waals surface area contributed by atoms with Crippen molar-refractivity contribution in [1.82, 2.24) is 24.6 Å². The summed E-state index contributed by atoms with van der Waals surface area (Å²) < 4.78 is 6.75. The quantitative estimate of drug-likeness (QED) is 0.682. The van der Waals surface area contributed by atoms with Crippen LogP contribution >= 0.6 is 0 Å². The lowest BCUT2D eigenvalue weighted by atomic mass is 10.2. The van der Waals surface area contributed by atoms with Gasteiger partial charge in [0, 0.05) is 50.5 Å². The van der Waals surface area contributed by atoms with Gasteiger partial charge in [-0.2, -0.15) is 0 Å². The summed E-state index contributed by atoms with van der Waals surface area (Å²) in [6.45, 7) is 9.14. The van der Waals surface area contributed by atoms with Crippen molar-refractivity contribution in [3.63, 3.8) is 0 Å². The van der Waals surface area contributed by atoms with Crippen molar-refractivity contribution in [2.24, 2.45) is 0 Å². The Morgan fingerprint density at radius 3 is 2.17 bits per heavy atom. The lowest BCUT2D eigenvalue weighted by Crippen LogP contribution is -2.50. The lowest BCUT2D eigenvalue weighted by molar-refractivity contribution is -0.132. The second-order valence-electron chi connectivity index (χ2n) is 7.61. The van der Waals surface area contributed by atoms with Gasteiger partial charge in [0.1, 0.15) is 6.54 Å². The Hall–Kier alpha value is -3.01. The summed E-state index contributed by atoms with van der Waals surface area (Å²) in [5.41, 5.74) is 1.11. The molecule has 0 aromatic carbocycles. The standard InChI is InChI=1S/C20H27N7O3/c1-15-16(2)21-14-27(20(15)29)13-19(28)26-7-5-24(6-8-26)17-3-4-18(23-22-17)25-9-11-30-12-10-25/h3-4,14H,5-13H2,1-2H3. The molecule has 0 bridgehead atoms. The molecule has 1 amide bonds. The minimum Gasteiger partial charge on any atom is -0.378 e. The average molecular weight is 413 g/mol. The van der Waals surface area contributed by atoms with Crippen LogP contribution in [0, 0.1) is 13.8 Å². The Kier molecular flexibility index (Phi) is 5.93. The minimum atomic E-state index is -0.162. The molecule has 2 fully saturated rings. The third-order valence-electron chi connectivity index (χ3n) is 5.75. The molecule has 0 aliphatic carbocycles. The summed E-state index contributed by atoms with van der Waals surface area (Å²) in [5.74, 6) is 1.60.